The van der Waals surface area contributed by atoms with Crippen LogP contribution in [0.3, 0.4) is 0 Å². The first-order valence-corrected chi connectivity index (χ1v) is 8.49. The number of hydrogen-bond acceptors (Lipinski definition) is 5. The Hall–Kier alpha value is -4.20. The Morgan fingerprint density at radius 3 is 2.64 bits per heavy atom. The molecule has 3 N–H and O–H groups in total. The van der Waals surface area contributed by atoms with Crippen molar-refractivity contribution < 1.29 is 9.59 Å². The first-order chi connectivity index (χ1) is 13.5. The van der Waals surface area contributed by atoms with E-state index in [1.165, 1.54) is 4.57 Å². The number of imidazole rings is 1. The molecule has 0 saturated carbocycles. The van der Waals surface area contributed by atoms with E-state index >= 15 is 0 Å². The van der Waals surface area contributed by atoms with E-state index in [-0.39, 0.29) is 16.9 Å². The third-order valence-corrected chi connectivity index (χ3v) is 4.72. The number of pyridine rings is 2. The van der Waals surface area contributed by atoms with Crippen molar-refractivity contribution in [1.29, 1.82) is 0 Å². The molecule has 1 aliphatic rings. The number of carbonyl (C=O) groups excluding carboxylic acids is 2. The van der Waals surface area contributed by atoms with Gasteiger partial charge in [0.2, 0.25) is 0 Å². The predicted molar refractivity (Wildman–Crippen MR) is 102 cm³/mol. The molecule has 0 saturated heterocycles. The average molecular weight is 371 g/mol. The fraction of sp³-hybridized carbons (Fsp3) is 0. The van der Waals surface area contributed by atoms with Crippen molar-refractivity contribution in [1.82, 2.24) is 19.3 Å². The van der Waals surface area contributed by atoms with Crippen molar-refractivity contribution in [3.63, 3.8) is 0 Å². The molecular weight excluding hydrogens is 358 g/mol. The van der Waals surface area contributed by atoms with Crippen LogP contribution < -0.4 is 16.6 Å². The van der Waals surface area contributed by atoms with Gasteiger partial charge in [-0.05, 0) is 24.3 Å². The Labute approximate surface area is 157 Å². The minimum absolute atomic E-state index is 0.000237. The molecular formula is C20H13N5O3. The van der Waals surface area contributed by atoms with Gasteiger partial charge in [-0.3, -0.25) is 24.3 Å². The Balaban J connectivity index is 1.69. The zero-order valence-corrected chi connectivity index (χ0v) is 14.4. The minimum atomic E-state index is -0.616. The van der Waals surface area contributed by atoms with E-state index in [1.807, 2.05) is 41.1 Å². The first kappa shape index (κ1) is 16.0. The van der Waals surface area contributed by atoms with Crippen LogP contribution in [0.15, 0.2) is 65.7 Å². The van der Waals surface area contributed by atoms with Gasteiger partial charge in [0, 0.05) is 24.0 Å². The lowest BCUT2D eigenvalue weighted by atomic mass is 10.1. The smallest absolute Gasteiger partial charge is 0.262 e. The van der Waals surface area contributed by atoms with Crippen LogP contribution in [-0.2, 0) is 0 Å². The van der Waals surface area contributed by atoms with Crippen LogP contribution in [0, 0.1) is 0 Å². The molecule has 2 amide bonds. The lowest BCUT2D eigenvalue weighted by Crippen LogP contribution is -2.24. The number of fused-ring (bicyclic) bond motifs is 2. The molecule has 4 heterocycles. The number of anilines is 1. The molecule has 0 unspecified atom stereocenters. The van der Waals surface area contributed by atoms with Crippen molar-refractivity contribution in [2.45, 2.75) is 0 Å². The van der Waals surface area contributed by atoms with Crippen LogP contribution >= 0.6 is 0 Å². The number of imide groups is 1. The predicted octanol–water partition coefficient (Wildman–Crippen LogP) is 1.62. The Kier molecular flexibility index (Phi) is 3.23. The van der Waals surface area contributed by atoms with E-state index in [2.05, 4.69) is 10.3 Å². The van der Waals surface area contributed by atoms with Crippen LogP contribution in [0.1, 0.15) is 20.7 Å². The number of benzene rings is 1. The molecule has 0 spiro atoms. The van der Waals surface area contributed by atoms with E-state index in [0.29, 0.717) is 5.69 Å². The summed E-state index contributed by atoms with van der Waals surface area (Å²) in [5.74, 6) is -1.30. The molecule has 1 aliphatic heterocycles. The first-order valence-electron chi connectivity index (χ1n) is 8.49. The molecule has 0 atom stereocenters. The second-order valence-electron chi connectivity index (χ2n) is 6.42. The normalized spacial score (nSPS) is 13.0. The maximum atomic E-state index is 12.6. The molecule has 5 rings (SSSR count). The van der Waals surface area contributed by atoms with E-state index in [1.54, 1.807) is 18.2 Å². The van der Waals surface area contributed by atoms with Crippen molar-refractivity contribution in [3.8, 4) is 16.9 Å². The van der Waals surface area contributed by atoms with E-state index in [9.17, 15) is 14.4 Å². The highest BCUT2D eigenvalue weighted by Gasteiger charge is 2.31. The van der Waals surface area contributed by atoms with Crippen LogP contribution in [0.25, 0.3) is 22.6 Å². The van der Waals surface area contributed by atoms with Gasteiger partial charge in [-0.1, -0.05) is 18.2 Å². The van der Waals surface area contributed by atoms with Gasteiger partial charge in [0.15, 0.2) is 0 Å². The highest BCUT2D eigenvalue weighted by Crippen LogP contribution is 2.26. The van der Waals surface area contributed by atoms with Crippen molar-refractivity contribution in [3.05, 3.63) is 82.4 Å². The third-order valence-electron chi connectivity index (χ3n) is 4.72. The van der Waals surface area contributed by atoms with Crippen molar-refractivity contribution in [2.24, 2.45) is 0 Å². The second-order valence-corrected chi connectivity index (χ2v) is 6.42. The quantitative estimate of drug-likeness (QED) is 0.520. The van der Waals surface area contributed by atoms with E-state index in [4.69, 9.17) is 5.73 Å². The standard InChI is InChI=1S/C20H13N5O3/c21-18-17-13(19(27)23-20(17)28)9-16(26)25(18)12-5-3-4-11(8-12)14-10-24-7-2-1-6-15(24)22-14/h1-10H,21H2,(H,23,27,28). The van der Waals surface area contributed by atoms with E-state index in [0.717, 1.165) is 23.0 Å². The SMILES string of the molecule is Nc1c2c(cc(=O)n1-c1cccc(-c3cn4ccccc4n3)c1)C(=O)NC2=O. The summed E-state index contributed by atoms with van der Waals surface area (Å²) in [6.45, 7) is 0. The molecule has 1 aromatic carbocycles. The second kappa shape index (κ2) is 5.65. The molecule has 0 aliphatic carbocycles. The lowest BCUT2D eigenvalue weighted by molar-refractivity contribution is 0.0880. The fourth-order valence-electron chi connectivity index (χ4n) is 3.42. The van der Waals surface area contributed by atoms with Crippen LogP contribution in [-0.4, -0.2) is 25.8 Å². The largest absolute Gasteiger partial charge is 0.384 e. The summed E-state index contributed by atoms with van der Waals surface area (Å²) in [6.07, 6.45) is 3.78. The zero-order chi connectivity index (χ0) is 19.4. The van der Waals surface area contributed by atoms with Gasteiger partial charge >= 0.3 is 0 Å². The number of nitrogens with zero attached hydrogens (tertiary/aromatic N) is 3. The summed E-state index contributed by atoms with van der Waals surface area (Å²) in [7, 11) is 0. The Morgan fingerprint density at radius 1 is 0.964 bits per heavy atom. The van der Waals surface area contributed by atoms with Gasteiger partial charge in [0.25, 0.3) is 17.4 Å². The molecule has 8 nitrogen and oxygen atoms in total. The Bertz CT molecular complexity index is 1330. The topological polar surface area (TPSA) is 111 Å². The zero-order valence-electron chi connectivity index (χ0n) is 14.4. The molecule has 8 heteroatoms. The number of aromatic nitrogens is 3. The van der Waals surface area contributed by atoms with Crippen molar-refractivity contribution >= 4 is 23.3 Å². The third kappa shape index (κ3) is 2.25. The van der Waals surface area contributed by atoms with Gasteiger partial charge in [-0.2, -0.15) is 0 Å². The highest BCUT2D eigenvalue weighted by atomic mass is 16.2. The minimum Gasteiger partial charge on any atom is -0.384 e. The number of carbonyl (C=O) groups is 2. The summed E-state index contributed by atoms with van der Waals surface area (Å²) in [6, 6.07) is 14.0. The van der Waals surface area contributed by atoms with Crippen LogP contribution in [0.4, 0.5) is 5.82 Å². The maximum Gasteiger partial charge on any atom is 0.262 e. The summed E-state index contributed by atoms with van der Waals surface area (Å²) in [5, 5.41) is 2.16. The number of hydrogen-bond donors (Lipinski definition) is 2. The Morgan fingerprint density at radius 2 is 1.82 bits per heavy atom. The highest BCUT2D eigenvalue weighted by molar-refractivity contribution is 6.23. The monoisotopic (exact) mass is 371 g/mol. The molecule has 28 heavy (non-hydrogen) atoms. The van der Waals surface area contributed by atoms with Crippen molar-refractivity contribution in [2.75, 3.05) is 5.73 Å². The summed E-state index contributed by atoms with van der Waals surface area (Å²) >= 11 is 0. The molecule has 0 bridgehead atoms. The number of amides is 2. The average Bonchev–Trinajstić information content (AvgIpc) is 3.23. The molecule has 4 aromatic rings. The van der Waals surface area contributed by atoms with E-state index < -0.39 is 17.4 Å². The maximum absolute atomic E-state index is 12.6. The van der Waals surface area contributed by atoms with Crippen LogP contribution in [0.5, 0.6) is 0 Å². The number of nitrogens with two attached hydrogens (primary N) is 1. The van der Waals surface area contributed by atoms with Gasteiger partial charge in [0.05, 0.1) is 22.5 Å². The van der Waals surface area contributed by atoms with Crippen LogP contribution in [0.2, 0.25) is 0 Å². The van der Waals surface area contributed by atoms with Gasteiger partial charge in [-0.15, -0.1) is 0 Å². The number of nitrogen functional groups attached to an aromatic ring is 1. The van der Waals surface area contributed by atoms with Gasteiger partial charge < -0.3 is 10.1 Å². The molecule has 136 valence electrons. The lowest BCUT2D eigenvalue weighted by Gasteiger charge is -2.12. The summed E-state index contributed by atoms with van der Waals surface area (Å²) in [5.41, 5.74) is 8.42. The van der Waals surface area contributed by atoms with Gasteiger partial charge in [-0.25, -0.2) is 4.98 Å². The molecule has 0 radical (unpaired) electrons. The molecule has 3 aromatic heterocycles. The fourth-order valence-corrected chi connectivity index (χ4v) is 3.42. The molecule has 0 fully saturated rings. The number of nitrogens with one attached hydrogen (secondary N) is 1. The summed E-state index contributed by atoms with van der Waals surface area (Å²) < 4.78 is 3.12. The van der Waals surface area contributed by atoms with Gasteiger partial charge in [0.1, 0.15) is 11.5 Å². The number of rotatable bonds is 2. The summed E-state index contributed by atoms with van der Waals surface area (Å²) in [4.78, 5) is 41.0.